The lowest BCUT2D eigenvalue weighted by Gasteiger charge is -2.12. The average Bonchev–Trinajstić information content (AvgIpc) is 2.65. The molecular formula is C17H15F2NOS. The number of nitrogens with one attached hydrogen (secondary N) is 1. The van der Waals surface area contributed by atoms with Gasteiger partial charge in [0.2, 0.25) is 0 Å². The van der Waals surface area contributed by atoms with Crippen LogP contribution in [-0.2, 0) is 4.74 Å². The monoisotopic (exact) mass is 319 g/mol. The Balaban J connectivity index is 2.09. The quantitative estimate of drug-likeness (QED) is 0.855. The Morgan fingerprint density at radius 2 is 1.86 bits per heavy atom. The van der Waals surface area contributed by atoms with E-state index in [0.29, 0.717) is 29.4 Å². The first-order valence-corrected chi connectivity index (χ1v) is 7.76. The molecule has 114 valence electrons. The maximum atomic E-state index is 13.7. The fourth-order valence-corrected chi connectivity index (χ4v) is 3.28. The summed E-state index contributed by atoms with van der Waals surface area (Å²) in [5, 5.41) is 3.00. The highest BCUT2D eigenvalue weighted by atomic mass is 32.2. The van der Waals surface area contributed by atoms with E-state index in [2.05, 4.69) is 5.32 Å². The van der Waals surface area contributed by atoms with E-state index in [9.17, 15) is 8.78 Å². The molecule has 22 heavy (non-hydrogen) atoms. The first-order valence-electron chi connectivity index (χ1n) is 6.94. The summed E-state index contributed by atoms with van der Waals surface area (Å²) < 4.78 is 33.0. The summed E-state index contributed by atoms with van der Waals surface area (Å²) in [5.74, 6) is -1.16. The topological polar surface area (TPSA) is 21.3 Å². The smallest absolute Gasteiger partial charge is 0.160 e. The number of hydrogen-bond acceptors (Lipinski definition) is 3. The van der Waals surface area contributed by atoms with Gasteiger partial charge >= 0.3 is 0 Å². The Hall–Kier alpha value is -1.85. The highest BCUT2D eigenvalue weighted by Crippen LogP contribution is 2.41. The zero-order chi connectivity index (χ0) is 15.5. The molecule has 0 fully saturated rings. The second-order valence-corrected chi connectivity index (χ2v) is 5.95. The summed E-state index contributed by atoms with van der Waals surface area (Å²) in [4.78, 5) is 1.64. The molecule has 1 aliphatic rings. The van der Waals surface area contributed by atoms with Gasteiger partial charge in [0, 0.05) is 21.9 Å². The first kappa shape index (κ1) is 15.1. The molecule has 0 aliphatic carbocycles. The Labute approximate surface area is 132 Å². The van der Waals surface area contributed by atoms with Crippen LogP contribution in [0.4, 0.5) is 8.78 Å². The number of hydrogen-bond donors (Lipinski definition) is 1. The normalized spacial score (nSPS) is 13.0. The summed E-state index contributed by atoms with van der Waals surface area (Å²) in [5.41, 5.74) is 1.56. The van der Waals surface area contributed by atoms with Crippen molar-refractivity contribution < 1.29 is 13.5 Å². The fraction of sp³-hybridized carbons (Fsp3) is 0.176. The molecule has 1 aliphatic heterocycles. The number of ether oxygens (including phenoxy) is 1. The van der Waals surface area contributed by atoms with Crippen LogP contribution in [-0.4, -0.2) is 20.2 Å². The molecule has 0 bridgehead atoms. The van der Waals surface area contributed by atoms with Crippen LogP contribution in [0.5, 0.6) is 0 Å². The number of likely N-dealkylation sites (N-methyl/N-ethyl adjacent to an activating group) is 1. The third-order valence-electron chi connectivity index (χ3n) is 3.32. The van der Waals surface area contributed by atoms with Gasteiger partial charge in [0.25, 0.3) is 0 Å². The zero-order valence-corrected chi connectivity index (χ0v) is 12.8. The molecular weight excluding hydrogens is 304 g/mol. The molecule has 2 nitrogen and oxygen atoms in total. The number of fused-ring (bicyclic) bond motifs is 2. The molecule has 5 heteroatoms. The van der Waals surface area contributed by atoms with Gasteiger partial charge in [-0.1, -0.05) is 30.0 Å². The van der Waals surface area contributed by atoms with Crippen LogP contribution in [0.25, 0.3) is 11.8 Å². The molecule has 1 N–H and O–H groups in total. The number of rotatable bonds is 4. The zero-order valence-electron chi connectivity index (χ0n) is 12.0. The van der Waals surface area contributed by atoms with E-state index in [4.69, 9.17) is 4.74 Å². The molecule has 0 aromatic heterocycles. The van der Waals surface area contributed by atoms with E-state index in [1.165, 1.54) is 23.9 Å². The van der Waals surface area contributed by atoms with Crippen molar-refractivity contribution in [3.8, 4) is 0 Å². The molecule has 0 saturated heterocycles. The largest absolute Gasteiger partial charge is 0.492 e. The molecule has 0 atom stereocenters. The summed E-state index contributed by atoms with van der Waals surface area (Å²) >= 11 is 1.41. The SMILES string of the molecule is CNCCOC1=Cc2ccccc2Sc2cc(F)c(F)cc21. The van der Waals surface area contributed by atoms with Crippen molar-refractivity contribution in [2.45, 2.75) is 9.79 Å². The molecule has 0 spiro atoms. The maximum Gasteiger partial charge on any atom is 0.160 e. The fourth-order valence-electron chi connectivity index (χ4n) is 2.22. The Morgan fingerprint density at radius 1 is 1.09 bits per heavy atom. The number of benzene rings is 2. The molecule has 0 radical (unpaired) electrons. The van der Waals surface area contributed by atoms with Gasteiger partial charge in [0.1, 0.15) is 12.4 Å². The van der Waals surface area contributed by atoms with Gasteiger partial charge < -0.3 is 10.1 Å². The summed E-state index contributed by atoms with van der Waals surface area (Å²) in [6.45, 7) is 1.12. The minimum atomic E-state index is -0.867. The summed E-state index contributed by atoms with van der Waals surface area (Å²) in [7, 11) is 1.83. The van der Waals surface area contributed by atoms with Crippen molar-refractivity contribution in [3.63, 3.8) is 0 Å². The highest BCUT2D eigenvalue weighted by Gasteiger charge is 2.20. The van der Waals surface area contributed by atoms with E-state index in [0.717, 1.165) is 10.5 Å². The molecule has 0 saturated carbocycles. The van der Waals surface area contributed by atoms with E-state index >= 15 is 0 Å². The highest BCUT2D eigenvalue weighted by molar-refractivity contribution is 7.99. The van der Waals surface area contributed by atoms with Crippen molar-refractivity contribution in [2.75, 3.05) is 20.2 Å². The average molecular weight is 319 g/mol. The molecule has 0 unspecified atom stereocenters. The molecule has 2 aromatic rings. The van der Waals surface area contributed by atoms with Crippen LogP contribution in [0.3, 0.4) is 0 Å². The maximum absolute atomic E-state index is 13.7. The van der Waals surface area contributed by atoms with Gasteiger partial charge in [-0.15, -0.1) is 0 Å². The van der Waals surface area contributed by atoms with Crippen LogP contribution in [0.2, 0.25) is 0 Å². The Kier molecular flexibility index (Phi) is 4.45. The second-order valence-electron chi connectivity index (χ2n) is 4.86. The van der Waals surface area contributed by atoms with E-state index in [-0.39, 0.29) is 0 Å². The van der Waals surface area contributed by atoms with E-state index < -0.39 is 11.6 Å². The van der Waals surface area contributed by atoms with E-state index in [1.54, 1.807) is 0 Å². The predicted molar refractivity (Wildman–Crippen MR) is 84.7 cm³/mol. The Morgan fingerprint density at radius 3 is 2.68 bits per heavy atom. The molecule has 0 amide bonds. The van der Waals surface area contributed by atoms with Crippen molar-refractivity contribution in [3.05, 3.63) is 59.2 Å². The third-order valence-corrected chi connectivity index (χ3v) is 4.47. The van der Waals surface area contributed by atoms with Crippen LogP contribution in [0.15, 0.2) is 46.2 Å². The standard InChI is InChI=1S/C17H15F2NOS/c1-20-6-7-21-15-8-11-4-2-3-5-16(11)22-17-10-14(19)13(18)9-12(15)17/h2-5,8-10,20H,6-7H2,1H3. The lowest BCUT2D eigenvalue weighted by molar-refractivity contribution is 0.280. The van der Waals surface area contributed by atoms with Crippen LogP contribution >= 0.6 is 11.8 Å². The van der Waals surface area contributed by atoms with Gasteiger partial charge in [0.05, 0.1) is 0 Å². The molecule has 1 heterocycles. The lowest BCUT2D eigenvalue weighted by Crippen LogP contribution is -2.13. The molecule has 2 aromatic carbocycles. The molecule has 3 rings (SSSR count). The van der Waals surface area contributed by atoms with Gasteiger partial charge in [-0.25, -0.2) is 8.78 Å². The van der Waals surface area contributed by atoms with E-state index in [1.807, 2.05) is 37.4 Å². The van der Waals surface area contributed by atoms with Crippen molar-refractivity contribution in [1.29, 1.82) is 0 Å². The Bertz CT molecular complexity index is 731. The van der Waals surface area contributed by atoms with Crippen LogP contribution in [0.1, 0.15) is 11.1 Å². The van der Waals surface area contributed by atoms with Gasteiger partial charge in [0.15, 0.2) is 11.6 Å². The third kappa shape index (κ3) is 3.00. The second kappa shape index (κ2) is 6.50. The first-order chi connectivity index (χ1) is 10.7. The van der Waals surface area contributed by atoms with Gasteiger partial charge in [-0.05, 0) is 36.9 Å². The predicted octanol–water partition coefficient (Wildman–Crippen LogP) is 4.16. The van der Waals surface area contributed by atoms with Crippen LogP contribution in [0, 0.1) is 11.6 Å². The minimum Gasteiger partial charge on any atom is -0.492 e. The van der Waals surface area contributed by atoms with Gasteiger partial charge in [-0.2, -0.15) is 0 Å². The summed E-state index contributed by atoms with van der Waals surface area (Å²) in [6.07, 6.45) is 1.88. The summed E-state index contributed by atoms with van der Waals surface area (Å²) in [6, 6.07) is 10.2. The van der Waals surface area contributed by atoms with Crippen LogP contribution < -0.4 is 5.32 Å². The van der Waals surface area contributed by atoms with Crippen molar-refractivity contribution in [2.24, 2.45) is 0 Å². The van der Waals surface area contributed by atoms with Gasteiger partial charge in [-0.3, -0.25) is 0 Å². The lowest BCUT2D eigenvalue weighted by atomic mass is 10.1. The number of halogens is 2. The van der Waals surface area contributed by atoms with Crippen molar-refractivity contribution in [1.82, 2.24) is 5.32 Å². The minimum absolute atomic E-state index is 0.452. The van der Waals surface area contributed by atoms with Crippen molar-refractivity contribution >= 4 is 23.6 Å².